The molecule has 5 heteroatoms. The van der Waals surface area contributed by atoms with Crippen LogP contribution in [0, 0.1) is 5.41 Å². The van der Waals surface area contributed by atoms with Gasteiger partial charge in [-0.15, -0.1) is 0 Å². The van der Waals surface area contributed by atoms with Crippen molar-refractivity contribution >= 4 is 38.5 Å². The Balaban J connectivity index is 2.06. The Morgan fingerprint density at radius 1 is 1.40 bits per heavy atom. The number of aliphatic imine (C=N–C) groups is 1. The first-order valence-corrected chi connectivity index (χ1v) is 8.68. The summed E-state index contributed by atoms with van der Waals surface area (Å²) >= 11 is 5.28. The maximum absolute atomic E-state index is 5.31. The van der Waals surface area contributed by atoms with Gasteiger partial charge < -0.3 is 10.1 Å². The third-order valence-electron chi connectivity index (χ3n) is 3.98. The fraction of sp³-hybridized carbons (Fsp3) is 0.533. The number of hydrogen-bond acceptors (Lipinski definition) is 4. The Labute approximate surface area is 133 Å². The van der Waals surface area contributed by atoms with E-state index in [4.69, 9.17) is 9.73 Å². The van der Waals surface area contributed by atoms with Crippen molar-refractivity contribution in [1.29, 1.82) is 0 Å². The van der Waals surface area contributed by atoms with E-state index in [2.05, 4.69) is 35.1 Å². The smallest absolute Gasteiger partial charge is 0.161 e. The SMILES string of the molecule is CCC1(CC)CN=C(Nc2ccc(Br)c(OC)c2)SC1. The second-order valence-corrected chi connectivity index (χ2v) is 6.91. The molecular weight excluding hydrogens is 336 g/mol. The van der Waals surface area contributed by atoms with E-state index in [-0.39, 0.29) is 0 Å². The van der Waals surface area contributed by atoms with Gasteiger partial charge in [0, 0.05) is 24.1 Å². The minimum absolute atomic E-state index is 0.382. The molecule has 0 atom stereocenters. The molecule has 110 valence electrons. The zero-order valence-corrected chi connectivity index (χ0v) is 14.6. The lowest BCUT2D eigenvalue weighted by Gasteiger charge is -2.33. The van der Waals surface area contributed by atoms with E-state index in [0.29, 0.717) is 5.41 Å². The van der Waals surface area contributed by atoms with E-state index in [1.165, 1.54) is 12.8 Å². The number of rotatable bonds is 4. The zero-order chi connectivity index (χ0) is 14.6. The lowest BCUT2D eigenvalue weighted by Crippen LogP contribution is -2.32. The van der Waals surface area contributed by atoms with Crippen molar-refractivity contribution in [1.82, 2.24) is 0 Å². The summed E-state index contributed by atoms with van der Waals surface area (Å²) in [6.07, 6.45) is 2.39. The third-order valence-corrected chi connectivity index (χ3v) is 5.89. The molecule has 0 fully saturated rings. The molecule has 1 N–H and O–H groups in total. The van der Waals surface area contributed by atoms with Gasteiger partial charge in [0.15, 0.2) is 5.17 Å². The summed E-state index contributed by atoms with van der Waals surface area (Å²) in [7, 11) is 1.67. The Morgan fingerprint density at radius 3 is 2.70 bits per heavy atom. The highest BCUT2D eigenvalue weighted by Crippen LogP contribution is 2.36. The van der Waals surface area contributed by atoms with E-state index in [1.807, 2.05) is 30.0 Å². The summed E-state index contributed by atoms with van der Waals surface area (Å²) in [5, 5.41) is 4.39. The van der Waals surface area contributed by atoms with E-state index in [9.17, 15) is 0 Å². The number of halogens is 1. The number of benzene rings is 1. The summed E-state index contributed by atoms with van der Waals surface area (Å²) in [4.78, 5) is 4.71. The first kappa shape index (κ1) is 15.7. The monoisotopic (exact) mass is 356 g/mol. The molecule has 1 aromatic rings. The van der Waals surface area contributed by atoms with Crippen LogP contribution in [0.1, 0.15) is 26.7 Å². The molecule has 0 saturated carbocycles. The Morgan fingerprint density at radius 2 is 2.15 bits per heavy atom. The topological polar surface area (TPSA) is 33.6 Å². The van der Waals surface area contributed by atoms with Crippen LogP contribution in [0.25, 0.3) is 0 Å². The number of methoxy groups -OCH3 is 1. The molecule has 0 aliphatic carbocycles. The van der Waals surface area contributed by atoms with Crippen LogP contribution in [0.15, 0.2) is 27.7 Å². The molecule has 2 rings (SSSR count). The van der Waals surface area contributed by atoms with Crippen molar-refractivity contribution in [3.8, 4) is 5.75 Å². The van der Waals surface area contributed by atoms with Crippen molar-refractivity contribution in [2.75, 3.05) is 24.7 Å². The molecule has 1 heterocycles. The highest BCUT2D eigenvalue weighted by molar-refractivity contribution is 9.10. The molecule has 20 heavy (non-hydrogen) atoms. The standard InChI is InChI=1S/C15H21BrN2OS/c1-4-15(5-2)9-17-14(20-10-15)18-11-6-7-12(16)13(8-11)19-3/h6-8H,4-5,9-10H2,1-3H3,(H,17,18). The Hall–Kier alpha value is -0.680. The van der Waals surface area contributed by atoms with Gasteiger partial charge in [-0.3, -0.25) is 4.99 Å². The number of thioether (sulfide) groups is 1. The number of hydrogen-bond donors (Lipinski definition) is 1. The molecular formula is C15H21BrN2OS. The van der Waals surface area contributed by atoms with Crippen molar-refractivity contribution in [3.05, 3.63) is 22.7 Å². The van der Waals surface area contributed by atoms with Gasteiger partial charge in [0.05, 0.1) is 11.6 Å². The summed E-state index contributed by atoms with van der Waals surface area (Å²) in [5.41, 5.74) is 1.39. The second kappa shape index (κ2) is 6.85. The van der Waals surface area contributed by atoms with E-state index < -0.39 is 0 Å². The Bertz CT molecular complexity index is 501. The van der Waals surface area contributed by atoms with Gasteiger partial charge in [-0.25, -0.2) is 0 Å². The fourth-order valence-corrected chi connectivity index (χ4v) is 3.86. The second-order valence-electron chi connectivity index (χ2n) is 5.09. The van der Waals surface area contributed by atoms with Crippen LogP contribution in [0.5, 0.6) is 5.75 Å². The van der Waals surface area contributed by atoms with Crippen LogP contribution in [0.2, 0.25) is 0 Å². The van der Waals surface area contributed by atoms with Gasteiger partial charge in [-0.2, -0.15) is 0 Å². The maximum Gasteiger partial charge on any atom is 0.161 e. The summed E-state index contributed by atoms with van der Waals surface area (Å²) < 4.78 is 6.27. The summed E-state index contributed by atoms with van der Waals surface area (Å²) in [5.74, 6) is 1.97. The highest BCUT2D eigenvalue weighted by Gasteiger charge is 2.30. The van der Waals surface area contributed by atoms with Gasteiger partial charge in [0.1, 0.15) is 5.75 Å². The molecule has 0 aromatic heterocycles. The van der Waals surface area contributed by atoms with Crippen molar-refractivity contribution in [2.45, 2.75) is 26.7 Å². The van der Waals surface area contributed by atoms with Crippen LogP contribution in [-0.4, -0.2) is 24.6 Å². The molecule has 1 aromatic carbocycles. The van der Waals surface area contributed by atoms with Crippen LogP contribution in [0.3, 0.4) is 0 Å². The summed E-state index contributed by atoms with van der Waals surface area (Å²) in [6.45, 7) is 5.44. The van der Waals surface area contributed by atoms with Crippen LogP contribution >= 0.6 is 27.7 Å². The molecule has 0 spiro atoms. The number of amidine groups is 1. The molecule has 0 radical (unpaired) electrons. The van der Waals surface area contributed by atoms with Gasteiger partial charge in [0.25, 0.3) is 0 Å². The quantitative estimate of drug-likeness (QED) is 0.842. The number of ether oxygens (including phenoxy) is 1. The molecule has 0 bridgehead atoms. The van der Waals surface area contributed by atoms with E-state index in [0.717, 1.165) is 33.4 Å². The maximum atomic E-state index is 5.31. The predicted molar refractivity (Wildman–Crippen MR) is 92.1 cm³/mol. The van der Waals surface area contributed by atoms with E-state index >= 15 is 0 Å². The van der Waals surface area contributed by atoms with Gasteiger partial charge in [0.2, 0.25) is 0 Å². The Kier molecular flexibility index (Phi) is 5.38. The van der Waals surface area contributed by atoms with Gasteiger partial charge in [-0.05, 0) is 46.3 Å². The minimum atomic E-state index is 0.382. The third kappa shape index (κ3) is 3.50. The average molecular weight is 357 g/mol. The van der Waals surface area contributed by atoms with Gasteiger partial charge >= 0.3 is 0 Å². The molecule has 1 aliphatic heterocycles. The first-order chi connectivity index (χ1) is 9.62. The largest absolute Gasteiger partial charge is 0.495 e. The van der Waals surface area contributed by atoms with Crippen molar-refractivity contribution < 1.29 is 4.74 Å². The normalized spacial score (nSPS) is 17.5. The predicted octanol–water partition coefficient (Wildman–Crippen LogP) is 4.78. The number of anilines is 1. The minimum Gasteiger partial charge on any atom is -0.495 e. The van der Waals surface area contributed by atoms with Crippen LogP contribution in [0.4, 0.5) is 5.69 Å². The average Bonchev–Trinajstić information content (AvgIpc) is 2.50. The summed E-state index contributed by atoms with van der Waals surface area (Å²) in [6, 6.07) is 5.99. The first-order valence-electron chi connectivity index (χ1n) is 6.90. The molecule has 0 amide bonds. The highest BCUT2D eigenvalue weighted by atomic mass is 79.9. The lowest BCUT2D eigenvalue weighted by molar-refractivity contribution is 0.318. The van der Waals surface area contributed by atoms with Crippen LogP contribution < -0.4 is 10.1 Å². The molecule has 1 aliphatic rings. The fourth-order valence-electron chi connectivity index (χ4n) is 2.17. The van der Waals surface area contributed by atoms with E-state index in [1.54, 1.807) is 7.11 Å². The van der Waals surface area contributed by atoms with Crippen molar-refractivity contribution in [2.24, 2.45) is 10.4 Å². The lowest BCUT2D eigenvalue weighted by atomic mass is 9.84. The zero-order valence-electron chi connectivity index (χ0n) is 12.2. The molecule has 0 saturated heterocycles. The molecule has 3 nitrogen and oxygen atoms in total. The van der Waals surface area contributed by atoms with Crippen LogP contribution in [-0.2, 0) is 0 Å². The molecule has 0 unspecified atom stereocenters. The van der Waals surface area contributed by atoms with Crippen molar-refractivity contribution in [3.63, 3.8) is 0 Å². The number of nitrogens with zero attached hydrogens (tertiary/aromatic N) is 1. The number of nitrogens with one attached hydrogen (secondary N) is 1. The van der Waals surface area contributed by atoms with Gasteiger partial charge in [-0.1, -0.05) is 25.6 Å².